The number of aromatic nitrogens is 2. The highest BCUT2D eigenvalue weighted by Crippen LogP contribution is 2.28. The second kappa shape index (κ2) is 9.22. The maximum absolute atomic E-state index is 12.6. The van der Waals surface area contributed by atoms with Gasteiger partial charge in [0, 0.05) is 25.4 Å². The number of rotatable bonds is 5. The van der Waals surface area contributed by atoms with Gasteiger partial charge in [-0.2, -0.15) is 5.10 Å². The van der Waals surface area contributed by atoms with Gasteiger partial charge in [0.05, 0.1) is 10.6 Å². The number of nitrogens with one attached hydrogen (secondary N) is 2. The van der Waals surface area contributed by atoms with Gasteiger partial charge in [-0.25, -0.2) is 0 Å². The summed E-state index contributed by atoms with van der Waals surface area (Å²) in [5.41, 5.74) is 1.97. The quantitative estimate of drug-likeness (QED) is 0.833. The summed E-state index contributed by atoms with van der Waals surface area (Å²) >= 11 is 6.26. The highest BCUT2D eigenvalue weighted by Gasteiger charge is 2.19. The number of aryl methyl sites for hydroxylation is 1. The zero-order valence-corrected chi connectivity index (χ0v) is 15.9. The molecule has 0 radical (unpaired) electrons. The Morgan fingerprint density at radius 1 is 1.44 bits per heavy atom. The van der Waals surface area contributed by atoms with Gasteiger partial charge in [0.1, 0.15) is 5.69 Å². The van der Waals surface area contributed by atoms with Crippen LogP contribution in [0.2, 0.25) is 5.02 Å². The molecule has 25 heavy (non-hydrogen) atoms. The third-order valence-corrected chi connectivity index (χ3v) is 4.77. The molecule has 0 aliphatic carbocycles. The smallest absolute Gasteiger partial charge is 0.255 e. The monoisotopic (exact) mass is 382 g/mol. The van der Waals surface area contributed by atoms with Gasteiger partial charge in [0.15, 0.2) is 0 Å². The molecule has 7 heteroatoms. The van der Waals surface area contributed by atoms with Crippen molar-refractivity contribution in [3.05, 3.63) is 41.0 Å². The fraction of sp³-hybridized carbons (Fsp3) is 0.444. The molecule has 2 heterocycles. The summed E-state index contributed by atoms with van der Waals surface area (Å²) in [6.07, 6.45) is 5.20. The molecule has 1 unspecified atom stereocenters. The summed E-state index contributed by atoms with van der Waals surface area (Å²) in [4.78, 5) is 12.6. The number of piperidine rings is 1. The van der Waals surface area contributed by atoms with Crippen molar-refractivity contribution in [1.82, 2.24) is 20.4 Å². The number of carbonyl (C=O) groups excluding carboxylic acids is 1. The summed E-state index contributed by atoms with van der Waals surface area (Å²) in [5.74, 6) is 0.553. The van der Waals surface area contributed by atoms with E-state index >= 15 is 0 Å². The lowest BCUT2D eigenvalue weighted by molar-refractivity contribution is 0.0951. The Kier molecular flexibility index (Phi) is 7.29. The van der Waals surface area contributed by atoms with Crippen LogP contribution in [0.3, 0.4) is 0 Å². The molecule has 2 aromatic rings. The van der Waals surface area contributed by atoms with Crippen molar-refractivity contribution in [1.29, 1.82) is 0 Å². The van der Waals surface area contributed by atoms with Crippen LogP contribution in [0.1, 0.15) is 29.6 Å². The predicted molar refractivity (Wildman–Crippen MR) is 103 cm³/mol. The molecule has 1 aliphatic heterocycles. The first-order valence-electron chi connectivity index (χ1n) is 8.42. The molecule has 136 valence electrons. The van der Waals surface area contributed by atoms with Crippen molar-refractivity contribution in [3.8, 4) is 11.3 Å². The van der Waals surface area contributed by atoms with E-state index in [1.807, 2.05) is 31.3 Å². The van der Waals surface area contributed by atoms with Gasteiger partial charge >= 0.3 is 0 Å². The van der Waals surface area contributed by atoms with Gasteiger partial charge in [-0.1, -0.05) is 29.8 Å². The molecule has 3 rings (SSSR count). The minimum atomic E-state index is -0.0956. The van der Waals surface area contributed by atoms with Gasteiger partial charge in [0.2, 0.25) is 0 Å². The van der Waals surface area contributed by atoms with E-state index in [0.29, 0.717) is 28.7 Å². The Morgan fingerprint density at radius 2 is 2.24 bits per heavy atom. The zero-order valence-electron chi connectivity index (χ0n) is 14.3. The van der Waals surface area contributed by atoms with Crippen molar-refractivity contribution in [3.63, 3.8) is 0 Å². The maximum Gasteiger partial charge on any atom is 0.255 e. The fourth-order valence-corrected chi connectivity index (χ4v) is 3.39. The Hall–Kier alpha value is -1.56. The third-order valence-electron chi connectivity index (χ3n) is 4.44. The minimum Gasteiger partial charge on any atom is -0.352 e. The van der Waals surface area contributed by atoms with Crippen LogP contribution in [-0.2, 0) is 7.05 Å². The molecule has 0 bridgehead atoms. The highest BCUT2D eigenvalue weighted by molar-refractivity contribution is 6.33. The van der Waals surface area contributed by atoms with Crippen molar-refractivity contribution in [2.45, 2.75) is 19.3 Å². The molecule has 1 aliphatic rings. The average molecular weight is 383 g/mol. The van der Waals surface area contributed by atoms with Crippen LogP contribution in [0.4, 0.5) is 0 Å². The largest absolute Gasteiger partial charge is 0.352 e. The molecule has 0 spiro atoms. The predicted octanol–water partition coefficient (Wildman–Crippen LogP) is 3.28. The number of nitrogens with zero attached hydrogens (tertiary/aromatic N) is 2. The van der Waals surface area contributed by atoms with Gasteiger partial charge in [0.25, 0.3) is 5.91 Å². The Bertz CT molecular complexity index is 711. The highest BCUT2D eigenvalue weighted by atomic mass is 35.5. The zero-order chi connectivity index (χ0) is 16.9. The van der Waals surface area contributed by atoms with E-state index in [1.54, 1.807) is 10.9 Å². The standard InChI is InChI=1S/C18H23ClN4O.ClH/c1-23-12-15(17(22-23)14-6-2-3-7-16(14)19)18(24)21-10-8-13-5-4-9-20-11-13;/h2-3,6-7,12-13,20H,4-5,8-11H2,1H3,(H,21,24);1H. The number of amides is 1. The van der Waals surface area contributed by atoms with Crippen LogP contribution >= 0.6 is 24.0 Å². The van der Waals surface area contributed by atoms with E-state index in [4.69, 9.17) is 11.6 Å². The summed E-state index contributed by atoms with van der Waals surface area (Å²) < 4.78 is 1.65. The van der Waals surface area contributed by atoms with E-state index in [0.717, 1.165) is 25.1 Å². The van der Waals surface area contributed by atoms with E-state index in [-0.39, 0.29) is 18.3 Å². The molecule has 1 atom stereocenters. The molecular formula is C18H24Cl2N4O. The molecule has 1 saturated heterocycles. The van der Waals surface area contributed by atoms with E-state index in [9.17, 15) is 4.79 Å². The lowest BCUT2D eigenvalue weighted by Crippen LogP contribution is -2.33. The topological polar surface area (TPSA) is 59.0 Å². The van der Waals surface area contributed by atoms with Gasteiger partial charge in [-0.15, -0.1) is 12.4 Å². The van der Waals surface area contributed by atoms with E-state index in [1.165, 1.54) is 12.8 Å². The van der Waals surface area contributed by atoms with Crippen LogP contribution in [0.5, 0.6) is 0 Å². The normalized spacial score (nSPS) is 17.0. The Labute approximate surface area is 159 Å². The molecule has 5 nitrogen and oxygen atoms in total. The lowest BCUT2D eigenvalue weighted by atomic mass is 9.96. The fourth-order valence-electron chi connectivity index (χ4n) is 3.16. The maximum atomic E-state index is 12.6. The van der Waals surface area contributed by atoms with E-state index < -0.39 is 0 Å². The average Bonchev–Trinajstić information content (AvgIpc) is 2.98. The number of carbonyl (C=O) groups is 1. The van der Waals surface area contributed by atoms with Crippen LogP contribution in [0.25, 0.3) is 11.3 Å². The Morgan fingerprint density at radius 3 is 2.96 bits per heavy atom. The molecule has 1 amide bonds. The number of hydrogen-bond donors (Lipinski definition) is 2. The molecular weight excluding hydrogens is 359 g/mol. The summed E-state index contributed by atoms with van der Waals surface area (Å²) in [7, 11) is 1.81. The molecule has 0 saturated carbocycles. The van der Waals surface area contributed by atoms with Crippen LogP contribution < -0.4 is 10.6 Å². The van der Waals surface area contributed by atoms with Crippen molar-refractivity contribution >= 4 is 29.9 Å². The third kappa shape index (κ3) is 4.97. The second-order valence-electron chi connectivity index (χ2n) is 6.30. The molecule has 1 aromatic heterocycles. The van der Waals surface area contributed by atoms with Crippen LogP contribution in [0, 0.1) is 5.92 Å². The second-order valence-corrected chi connectivity index (χ2v) is 6.71. The van der Waals surface area contributed by atoms with Crippen molar-refractivity contribution in [2.24, 2.45) is 13.0 Å². The van der Waals surface area contributed by atoms with Gasteiger partial charge in [-0.05, 0) is 44.3 Å². The SMILES string of the molecule is Cl.Cn1cc(C(=O)NCCC2CCCNC2)c(-c2ccccc2Cl)n1. The molecule has 1 fully saturated rings. The van der Waals surface area contributed by atoms with Crippen LogP contribution in [-0.4, -0.2) is 35.3 Å². The first-order chi connectivity index (χ1) is 11.6. The van der Waals surface area contributed by atoms with Gasteiger partial charge in [-0.3, -0.25) is 9.48 Å². The van der Waals surface area contributed by atoms with E-state index in [2.05, 4.69) is 15.7 Å². The minimum absolute atomic E-state index is 0. The van der Waals surface area contributed by atoms with Crippen molar-refractivity contribution in [2.75, 3.05) is 19.6 Å². The molecule has 1 aromatic carbocycles. The summed E-state index contributed by atoms with van der Waals surface area (Å²) in [6.45, 7) is 2.84. The number of halogens is 2. The summed E-state index contributed by atoms with van der Waals surface area (Å²) in [5, 5.41) is 11.4. The van der Waals surface area contributed by atoms with Crippen LogP contribution in [0.15, 0.2) is 30.5 Å². The van der Waals surface area contributed by atoms with Gasteiger partial charge < -0.3 is 10.6 Å². The number of benzene rings is 1. The van der Waals surface area contributed by atoms with Crippen molar-refractivity contribution < 1.29 is 4.79 Å². The first kappa shape index (κ1) is 19.8. The Balaban J connectivity index is 0.00000225. The number of hydrogen-bond acceptors (Lipinski definition) is 3. The summed E-state index contributed by atoms with van der Waals surface area (Å²) in [6, 6.07) is 7.46. The molecule has 2 N–H and O–H groups in total. The first-order valence-corrected chi connectivity index (χ1v) is 8.80. The lowest BCUT2D eigenvalue weighted by Gasteiger charge is -2.22.